The molecular weight excluding hydrogens is 316 g/mol. The molecule has 0 fully saturated rings. The monoisotopic (exact) mass is 330 g/mol. The quantitative estimate of drug-likeness (QED) is 0.883. The van der Waals surface area contributed by atoms with E-state index in [1.54, 1.807) is 0 Å². The van der Waals surface area contributed by atoms with E-state index in [0.29, 0.717) is 5.56 Å². The Bertz CT molecular complexity index is 682. The van der Waals surface area contributed by atoms with Crippen LogP contribution in [0.3, 0.4) is 0 Å². The van der Waals surface area contributed by atoms with Crippen LogP contribution in [-0.2, 0) is 13.1 Å². The number of carbonyl (C=O) groups excluding carboxylic acids is 1. The molecule has 0 unspecified atom stereocenters. The highest BCUT2D eigenvalue weighted by Crippen LogP contribution is 2.22. The first kappa shape index (κ1) is 13.3. The summed E-state index contributed by atoms with van der Waals surface area (Å²) in [5.41, 5.74) is 5.08. The third kappa shape index (κ3) is 2.62. The molecule has 1 aliphatic heterocycles. The second kappa shape index (κ2) is 5.38. The normalized spacial score (nSPS) is 13.1. The van der Waals surface area contributed by atoms with E-state index in [1.165, 1.54) is 11.1 Å². The predicted molar refractivity (Wildman–Crippen MR) is 83.8 cm³/mol. The van der Waals surface area contributed by atoms with Crippen molar-refractivity contribution in [3.63, 3.8) is 0 Å². The van der Waals surface area contributed by atoms with Gasteiger partial charge in [-0.3, -0.25) is 4.79 Å². The maximum absolute atomic E-state index is 12.3. The molecule has 3 rings (SSSR count). The number of halogens is 1. The summed E-state index contributed by atoms with van der Waals surface area (Å²) in [6.45, 7) is 3.71. The lowest BCUT2D eigenvalue weighted by atomic mass is 10.1. The zero-order chi connectivity index (χ0) is 14.1. The third-order valence-corrected chi connectivity index (χ3v) is 4.03. The summed E-state index contributed by atoms with van der Waals surface area (Å²) in [4.78, 5) is 12.3. The lowest BCUT2D eigenvalue weighted by Gasteiger charge is -2.09. The summed E-state index contributed by atoms with van der Waals surface area (Å²) < 4.78 is 1.01. The number of anilines is 1. The molecule has 0 saturated carbocycles. The Balaban J connectivity index is 1.82. The highest BCUT2D eigenvalue weighted by atomic mass is 79.9. The predicted octanol–water partition coefficient (Wildman–Crippen LogP) is 3.61. The Morgan fingerprint density at radius 3 is 2.75 bits per heavy atom. The molecule has 1 amide bonds. The molecule has 0 bridgehead atoms. The molecule has 0 atom stereocenters. The molecule has 0 spiro atoms. The van der Waals surface area contributed by atoms with Gasteiger partial charge >= 0.3 is 0 Å². The maximum Gasteiger partial charge on any atom is 0.255 e. The van der Waals surface area contributed by atoms with Crippen LogP contribution in [0.5, 0.6) is 0 Å². The van der Waals surface area contributed by atoms with Gasteiger partial charge in [-0.25, -0.2) is 0 Å². The van der Waals surface area contributed by atoms with Crippen LogP contribution in [0, 0.1) is 6.92 Å². The Kier molecular flexibility index (Phi) is 3.59. The molecule has 2 N–H and O–H groups in total. The number of aryl methyl sites for hydroxylation is 1. The average molecular weight is 331 g/mol. The lowest BCUT2D eigenvalue weighted by Crippen LogP contribution is -2.13. The molecule has 0 aromatic heterocycles. The average Bonchev–Trinajstić information content (AvgIpc) is 2.89. The molecular formula is C16H15BrN2O. The minimum atomic E-state index is -0.0647. The van der Waals surface area contributed by atoms with Crippen LogP contribution in [-0.4, -0.2) is 5.91 Å². The zero-order valence-corrected chi connectivity index (χ0v) is 12.8. The molecule has 2 aromatic carbocycles. The molecule has 20 heavy (non-hydrogen) atoms. The second-order valence-corrected chi connectivity index (χ2v) is 5.92. The SMILES string of the molecule is Cc1cc(Br)ccc1NC(=O)c1ccc2c(c1)CNC2. The van der Waals surface area contributed by atoms with Gasteiger partial charge in [0.25, 0.3) is 5.91 Å². The van der Waals surface area contributed by atoms with Crippen molar-refractivity contribution < 1.29 is 4.79 Å². The van der Waals surface area contributed by atoms with Crippen LogP contribution in [0.1, 0.15) is 27.0 Å². The van der Waals surface area contributed by atoms with Crippen LogP contribution in [0.2, 0.25) is 0 Å². The van der Waals surface area contributed by atoms with Gasteiger partial charge in [-0.05, 0) is 53.9 Å². The third-order valence-electron chi connectivity index (χ3n) is 3.54. The van der Waals surface area contributed by atoms with Gasteiger partial charge < -0.3 is 10.6 Å². The first-order chi connectivity index (χ1) is 9.63. The van der Waals surface area contributed by atoms with Gasteiger partial charge in [0.1, 0.15) is 0 Å². The van der Waals surface area contributed by atoms with Gasteiger partial charge in [-0.2, -0.15) is 0 Å². The number of hydrogen-bond donors (Lipinski definition) is 2. The summed E-state index contributed by atoms with van der Waals surface area (Å²) in [6, 6.07) is 11.7. The number of carbonyl (C=O) groups is 1. The summed E-state index contributed by atoms with van der Waals surface area (Å²) >= 11 is 3.42. The molecule has 2 aromatic rings. The molecule has 0 radical (unpaired) electrons. The van der Waals surface area contributed by atoms with Crippen LogP contribution >= 0.6 is 15.9 Å². The van der Waals surface area contributed by atoms with Crippen molar-refractivity contribution in [3.8, 4) is 0 Å². The van der Waals surface area contributed by atoms with Crippen molar-refractivity contribution in [1.29, 1.82) is 0 Å². The first-order valence-corrected chi connectivity index (χ1v) is 7.33. The molecule has 1 aliphatic rings. The smallest absolute Gasteiger partial charge is 0.255 e. The van der Waals surface area contributed by atoms with Gasteiger partial charge in [0, 0.05) is 28.8 Å². The van der Waals surface area contributed by atoms with Gasteiger partial charge in [-0.15, -0.1) is 0 Å². The van der Waals surface area contributed by atoms with Gasteiger partial charge in [-0.1, -0.05) is 22.0 Å². The van der Waals surface area contributed by atoms with Crippen molar-refractivity contribution in [2.75, 3.05) is 5.32 Å². The van der Waals surface area contributed by atoms with Crippen LogP contribution in [0.4, 0.5) is 5.69 Å². The minimum Gasteiger partial charge on any atom is -0.322 e. The second-order valence-electron chi connectivity index (χ2n) is 5.00. The van der Waals surface area contributed by atoms with E-state index in [2.05, 4.69) is 26.6 Å². The summed E-state index contributed by atoms with van der Waals surface area (Å²) in [5.74, 6) is -0.0647. The van der Waals surface area contributed by atoms with Gasteiger partial charge in [0.05, 0.1) is 0 Å². The largest absolute Gasteiger partial charge is 0.322 e. The van der Waals surface area contributed by atoms with Gasteiger partial charge in [0.2, 0.25) is 0 Å². The van der Waals surface area contributed by atoms with E-state index < -0.39 is 0 Å². The Hall–Kier alpha value is -1.65. The summed E-state index contributed by atoms with van der Waals surface area (Å²) in [7, 11) is 0. The Morgan fingerprint density at radius 2 is 1.95 bits per heavy atom. The number of fused-ring (bicyclic) bond motifs is 1. The number of nitrogens with one attached hydrogen (secondary N) is 2. The summed E-state index contributed by atoms with van der Waals surface area (Å²) in [6.07, 6.45) is 0. The zero-order valence-electron chi connectivity index (χ0n) is 11.2. The first-order valence-electron chi connectivity index (χ1n) is 6.53. The van der Waals surface area contributed by atoms with Crippen molar-refractivity contribution in [3.05, 3.63) is 63.1 Å². The number of rotatable bonds is 2. The van der Waals surface area contributed by atoms with Crippen molar-refractivity contribution in [2.45, 2.75) is 20.0 Å². The molecule has 4 heteroatoms. The Labute approximate surface area is 126 Å². The maximum atomic E-state index is 12.3. The fourth-order valence-electron chi connectivity index (χ4n) is 2.40. The highest BCUT2D eigenvalue weighted by molar-refractivity contribution is 9.10. The standard InChI is InChI=1S/C16H15BrN2O/c1-10-6-14(17)4-5-15(10)19-16(20)11-2-3-12-8-18-9-13(12)7-11/h2-7,18H,8-9H2,1H3,(H,19,20). The van der Waals surface area contributed by atoms with Gasteiger partial charge in [0.15, 0.2) is 0 Å². The van der Waals surface area contributed by atoms with E-state index in [1.807, 2.05) is 43.3 Å². The van der Waals surface area contributed by atoms with E-state index in [4.69, 9.17) is 0 Å². The Morgan fingerprint density at radius 1 is 1.15 bits per heavy atom. The number of amides is 1. The molecule has 102 valence electrons. The highest BCUT2D eigenvalue weighted by Gasteiger charge is 2.14. The molecule has 0 saturated heterocycles. The molecule has 0 aliphatic carbocycles. The summed E-state index contributed by atoms with van der Waals surface area (Å²) in [5, 5.41) is 6.25. The molecule has 3 nitrogen and oxygen atoms in total. The number of benzene rings is 2. The van der Waals surface area contributed by atoms with E-state index in [0.717, 1.165) is 28.8 Å². The van der Waals surface area contributed by atoms with E-state index in [-0.39, 0.29) is 5.91 Å². The topological polar surface area (TPSA) is 41.1 Å². The van der Waals surface area contributed by atoms with Crippen molar-refractivity contribution in [2.24, 2.45) is 0 Å². The fourth-order valence-corrected chi connectivity index (χ4v) is 2.87. The van der Waals surface area contributed by atoms with Crippen molar-refractivity contribution >= 4 is 27.5 Å². The fraction of sp³-hybridized carbons (Fsp3) is 0.188. The van der Waals surface area contributed by atoms with Crippen LogP contribution in [0.25, 0.3) is 0 Å². The van der Waals surface area contributed by atoms with E-state index >= 15 is 0 Å². The van der Waals surface area contributed by atoms with Crippen molar-refractivity contribution in [1.82, 2.24) is 5.32 Å². The van der Waals surface area contributed by atoms with Crippen LogP contribution < -0.4 is 10.6 Å². The number of hydrogen-bond acceptors (Lipinski definition) is 2. The minimum absolute atomic E-state index is 0.0647. The van der Waals surface area contributed by atoms with E-state index in [9.17, 15) is 4.79 Å². The lowest BCUT2D eigenvalue weighted by molar-refractivity contribution is 0.102. The molecule has 1 heterocycles. The van der Waals surface area contributed by atoms with Crippen LogP contribution in [0.15, 0.2) is 40.9 Å².